The Morgan fingerprint density at radius 2 is 1.94 bits per heavy atom. The van der Waals surface area contributed by atoms with Crippen molar-refractivity contribution >= 4 is 0 Å². The maximum absolute atomic E-state index is 5.85. The van der Waals surface area contributed by atoms with Crippen LogP contribution in [0.2, 0.25) is 0 Å². The lowest BCUT2D eigenvalue weighted by Gasteiger charge is -2.18. The molecule has 2 nitrogen and oxygen atoms in total. The summed E-state index contributed by atoms with van der Waals surface area (Å²) in [5.74, 6) is 0.980. The Bertz CT molecular complexity index is 324. The van der Waals surface area contributed by atoms with E-state index in [9.17, 15) is 0 Å². The number of benzene rings is 1. The average Bonchev–Trinajstić information content (AvgIpc) is 2.36. The van der Waals surface area contributed by atoms with Gasteiger partial charge in [0, 0.05) is 6.04 Å². The zero-order valence-corrected chi connectivity index (χ0v) is 11.5. The fraction of sp³-hybridized carbons (Fsp3) is 0.600. The molecule has 1 N–H and O–H groups in total. The van der Waals surface area contributed by atoms with Gasteiger partial charge in [0.1, 0.15) is 5.75 Å². The molecular weight excluding hydrogens is 210 g/mol. The van der Waals surface area contributed by atoms with Gasteiger partial charge in [0.2, 0.25) is 0 Å². The Morgan fingerprint density at radius 3 is 2.53 bits per heavy atom. The van der Waals surface area contributed by atoms with Gasteiger partial charge < -0.3 is 10.1 Å². The zero-order valence-electron chi connectivity index (χ0n) is 11.5. The topological polar surface area (TPSA) is 21.3 Å². The molecule has 0 saturated heterocycles. The van der Waals surface area contributed by atoms with Crippen molar-refractivity contribution in [2.45, 2.75) is 52.7 Å². The molecule has 0 aromatic heterocycles. The van der Waals surface area contributed by atoms with Crippen LogP contribution in [0.4, 0.5) is 0 Å². The first-order valence-electron chi connectivity index (χ1n) is 6.71. The Labute approximate surface area is 105 Å². The third-order valence-corrected chi connectivity index (χ3v) is 3.03. The number of hydrogen-bond acceptors (Lipinski definition) is 2. The van der Waals surface area contributed by atoms with Crippen LogP contribution in [0.5, 0.6) is 5.75 Å². The molecule has 0 fully saturated rings. The second-order valence-corrected chi connectivity index (χ2v) is 4.43. The van der Waals surface area contributed by atoms with Gasteiger partial charge in [-0.25, -0.2) is 0 Å². The molecule has 1 aromatic rings. The molecule has 2 unspecified atom stereocenters. The molecule has 0 bridgehead atoms. The molecule has 0 aliphatic rings. The SMILES string of the molecule is CCNC(CC)c1cccc(OC(C)CC)c1. The predicted octanol–water partition coefficient (Wildman–Crippen LogP) is 3.92. The van der Waals surface area contributed by atoms with E-state index in [0.717, 1.165) is 25.1 Å². The molecule has 0 amide bonds. The van der Waals surface area contributed by atoms with Crippen molar-refractivity contribution in [2.24, 2.45) is 0 Å². The van der Waals surface area contributed by atoms with Crippen molar-refractivity contribution in [2.75, 3.05) is 6.54 Å². The largest absolute Gasteiger partial charge is 0.491 e. The molecule has 17 heavy (non-hydrogen) atoms. The predicted molar refractivity (Wildman–Crippen MR) is 73.5 cm³/mol. The van der Waals surface area contributed by atoms with Gasteiger partial charge in [-0.15, -0.1) is 0 Å². The number of nitrogens with one attached hydrogen (secondary N) is 1. The summed E-state index contributed by atoms with van der Waals surface area (Å²) < 4.78 is 5.85. The molecule has 1 rings (SSSR count). The van der Waals surface area contributed by atoms with Crippen molar-refractivity contribution in [1.82, 2.24) is 5.32 Å². The average molecular weight is 235 g/mol. The van der Waals surface area contributed by atoms with Crippen LogP contribution < -0.4 is 10.1 Å². The van der Waals surface area contributed by atoms with Crippen LogP contribution in [0.15, 0.2) is 24.3 Å². The maximum Gasteiger partial charge on any atom is 0.120 e. The molecule has 1 aromatic carbocycles. The summed E-state index contributed by atoms with van der Waals surface area (Å²) >= 11 is 0. The van der Waals surface area contributed by atoms with Crippen molar-refractivity contribution in [3.8, 4) is 5.75 Å². The molecule has 2 atom stereocenters. The molecule has 2 heteroatoms. The Morgan fingerprint density at radius 1 is 1.18 bits per heavy atom. The van der Waals surface area contributed by atoms with E-state index in [1.165, 1.54) is 5.56 Å². The monoisotopic (exact) mass is 235 g/mol. The van der Waals surface area contributed by atoms with Crippen LogP contribution in [0, 0.1) is 0 Å². The lowest BCUT2D eigenvalue weighted by Crippen LogP contribution is -2.20. The van der Waals surface area contributed by atoms with Crippen LogP contribution in [0.3, 0.4) is 0 Å². The van der Waals surface area contributed by atoms with Gasteiger partial charge in [-0.05, 0) is 44.0 Å². The van der Waals surface area contributed by atoms with E-state index < -0.39 is 0 Å². The van der Waals surface area contributed by atoms with E-state index in [1.807, 2.05) is 6.07 Å². The Kier molecular flexibility index (Phi) is 6.06. The van der Waals surface area contributed by atoms with E-state index in [-0.39, 0.29) is 6.10 Å². The van der Waals surface area contributed by atoms with Crippen molar-refractivity contribution < 1.29 is 4.74 Å². The molecule has 0 saturated carbocycles. The highest BCUT2D eigenvalue weighted by atomic mass is 16.5. The Balaban J connectivity index is 2.76. The molecule has 0 aliphatic heterocycles. The lowest BCUT2D eigenvalue weighted by molar-refractivity contribution is 0.217. The molecule has 0 spiro atoms. The third kappa shape index (κ3) is 4.39. The van der Waals surface area contributed by atoms with Crippen molar-refractivity contribution in [1.29, 1.82) is 0 Å². The highest BCUT2D eigenvalue weighted by Crippen LogP contribution is 2.22. The highest BCUT2D eigenvalue weighted by molar-refractivity contribution is 5.30. The van der Waals surface area contributed by atoms with Crippen molar-refractivity contribution in [3.63, 3.8) is 0 Å². The lowest BCUT2D eigenvalue weighted by atomic mass is 10.0. The maximum atomic E-state index is 5.85. The highest BCUT2D eigenvalue weighted by Gasteiger charge is 2.09. The second kappa shape index (κ2) is 7.33. The van der Waals surface area contributed by atoms with E-state index in [2.05, 4.69) is 51.2 Å². The first-order chi connectivity index (χ1) is 8.21. The normalized spacial score (nSPS) is 14.4. The fourth-order valence-electron chi connectivity index (χ4n) is 1.86. The zero-order chi connectivity index (χ0) is 12.7. The van der Waals surface area contributed by atoms with E-state index in [0.29, 0.717) is 6.04 Å². The number of hydrogen-bond donors (Lipinski definition) is 1. The van der Waals surface area contributed by atoms with Crippen LogP contribution in [0.25, 0.3) is 0 Å². The molecular formula is C15H25NO. The Hall–Kier alpha value is -1.02. The van der Waals surface area contributed by atoms with Crippen LogP contribution in [-0.4, -0.2) is 12.6 Å². The number of ether oxygens (including phenoxy) is 1. The van der Waals surface area contributed by atoms with Gasteiger partial charge in [0.15, 0.2) is 0 Å². The third-order valence-electron chi connectivity index (χ3n) is 3.03. The van der Waals surface area contributed by atoms with Crippen LogP contribution in [-0.2, 0) is 0 Å². The van der Waals surface area contributed by atoms with Crippen LogP contribution in [0.1, 0.15) is 52.1 Å². The van der Waals surface area contributed by atoms with Gasteiger partial charge >= 0.3 is 0 Å². The van der Waals surface area contributed by atoms with Gasteiger partial charge in [0.25, 0.3) is 0 Å². The van der Waals surface area contributed by atoms with Crippen LogP contribution >= 0.6 is 0 Å². The van der Waals surface area contributed by atoms with E-state index >= 15 is 0 Å². The summed E-state index contributed by atoms with van der Waals surface area (Å²) in [6, 6.07) is 8.87. The summed E-state index contributed by atoms with van der Waals surface area (Å²) in [6.45, 7) is 9.59. The van der Waals surface area contributed by atoms with Gasteiger partial charge in [-0.3, -0.25) is 0 Å². The minimum atomic E-state index is 0.282. The molecule has 96 valence electrons. The summed E-state index contributed by atoms with van der Waals surface area (Å²) in [5.41, 5.74) is 1.31. The molecule has 0 heterocycles. The minimum absolute atomic E-state index is 0.282. The summed E-state index contributed by atoms with van der Waals surface area (Å²) in [4.78, 5) is 0. The van der Waals surface area contributed by atoms with Gasteiger partial charge in [-0.2, -0.15) is 0 Å². The number of rotatable bonds is 7. The summed E-state index contributed by atoms with van der Waals surface area (Å²) in [6.07, 6.45) is 2.42. The smallest absolute Gasteiger partial charge is 0.120 e. The first kappa shape index (κ1) is 14.0. The van der Waals surface area contributed by atoms with E-state index in [4.69, 9.17) is 4.74 Å². The summed E-state index contributed by atoms with van der Waals surface area (Å²) in [5, 5.41) is 3.49. The second-order valence-electron chi connectivity index (χ2n) is 4.43. The quantitative estimate of drug-likeness (QED) is 0.773. The van der Waals surface area contributed by atoms with Gasteiger partial charge in [0.05, 0.1) is 6.10 Å². The minimum Gasteiger partial charge on any atom is -0.491 e. The standard InChI is InChI=1S/C15H25NO/c1-5-12(4)17-14-10-8-9-13(11-14)15(6-2)16-7-3/h8-12,15-16H,5-7H2,1-4H3. The molecule has 0 radical (unpaired) electrons. The summed E-state index contributed by atoms with van der Waals surface area (Å²) in [7, 11) is 0. The van der Waals surface area contributed by atoms with E-state index in [1.54, 1.807) is 0 Å². The molecule has 0 aliphatic carbocycles. The van der Waals surface area contributed by atoms with Crippen molar-refractivity contribution in [3.05, 3.63) is 29.8 Å². The fourth-order valence-corrected chi connectivity index (χ4v) is 1.86. The van der Waals surface area contributed by atoms with Gasteiger partial charge in [-0.1, -0.05) is 32.9 Å². The first-order valence-corrected chi connectivity index (χ1v) is 6.71.